The van der Waals surface area contributed by atoms with Gasteiger partial charge in [0.25, 0.3) is 0 Å². The monoisotopic (exact) mass is 444 g/mol. The van der Waals surface area contributed by atoms with Crippen molar-refractivity contribution in [1.82, 2.24) is 4.90 Å². The molecule has 5 atom stereocenters. The molecule has 0 saturated carbocycles. The topological polar surface area (TPSA) is 74.0 Å². The minimum atomic E-state index is -4.96. The fraction of sp³-hybridized carbons (Fsp3) is 0.708. The van der Waals surface area contributed by atoms with Gasteiger partial charge in [0, 0.05) is 61.5 Å². The number of carbonyl (C=O) groups is 1. The van der Waals surface area contributed by atoms with Crippen molar-refractivity contribution in [3.63, 3.8) is 0 Å². The van der Waals surface area contributed by atoms with Crippen LogP contribution in [0.3, 0.4) is 0 Å². The molecule has 2 heterocycles. The number of fused-ring (bicyclic) bond motifs is 3. The van der Waals surface area contributed by atoms with Crippen LogP contribution in [0.1, 0.15) is 93.0 Å². The lowest BCUT2D eigenvalue weighted by Crippen LogP contribution is -2.51. The normalized spacial score (nSPS) is 54.3. The van der Waals surface area contributed by atoms with Gasteiger partial charge >= 0.3 is 5.97 Å². The lowest BCUT2D eigenvalue weighted by atomic mass is 9.79. The molecule has 4 unspecified atom stereocenters. The minimum Gasteiger partial charge on any atom is -0.493 e. The van der Waals surface area contributed by atoms with E-state index in [1.54, 1.807) is 0 Å². The Morgan fingerprint density at radius 2 is 2.17 bits per heavy atom. The number of hydrogen-bond acceptors (Lipinski definition) is 6. The summed E-state index contributed by atoms with van der Waals surface area (Å²) in [7, 11) is 1.80. The molecule has 30 heavy (non-hydrogen) atoms. The number of ether oxygens (including phenoxy) is 3. The van der Waals surface area contributed by atoms with Crippen LogP contribution in [-0.4, -0.2) is 50.2 Å². The third-order valence-electron chi connectivity index (χ3n) is 3.93. The van der Waals surface area contributed by atoms with Gasteiger partial charge in [-0.05, 0) is 47.7 Å². The number of nitrogens with zero attached hydrogens (tertiary/aromatic N) is 1. The van der Waals surface area contributed by atoms with Crippen LogP contribution in [0, 0.1) is 17.7 Å². The number of hydrogen-bond donors (Lipinski definition) is 1. The summed E-state index contributed by atoms with van der Waals surface area (Å²) < 4.78 is 237. The van der Waals surface area contributed by atoms with E-state index in [4.69, 9.17) is 47.4 Å². The molecule has 0 radical (unpaired) electrons. The van der Waals surface area contributed by atoms with E-state index in [0.717, 1.165) is 14.2 Å². The average molecular weight is 445 g/mol. The first-order chi connectivity index (χ1) is 24.3. The molecule has 6 nitrogen and oxygen atoms in total. The van der Waals surface area contributed by atoms with Gasteiger partial charge in [0.05, 0.1) is 19.7 Å². The number of rotatable bonds is 7. The second-order valence-corrected chi connectivity index (χ2v) is 6.00. The summed E-state index contributed by atoms with van der Waals surface area (Å²) in [6, 6.07) is -10.0. The maximum absolute atomic E-state index is 14.0. The molecule has 2 N–H and O–H groups in total. The fourth-order valence-corrected chi connectivity index (χ4v) is 2.58. The maximum atomic E-state index is 14.0. The highest BCUT2D eigenvalue weighted by atomic mass is 16.5. The smallest absolute Gasteiger partial charge is 0.323 e. The highest BCUT2D eigenvalue weighted by molar-refractivity contribution is 5.76. The zero-order valence-electron chi connectivity index (χ0n) is 42.2. The predicted octanol–water partition coefficient (Wildman–Crippen LogP) is 3.56. The van der Waals surface area contributed by atoms with Crippen LogP contribution in [0.15, 0.2) is 12.1 Å². The standard InChI is InChI=1S/C24H38N2O4/c1-14(2)9-17-13-26-8-7-16-10-21(28-5)22(29-6)11-18(16)19(26)12-20(17)30-24(27)23(25)15(3)4/h10-11,14-15,17,19-20,23H,7-9,12-13,25H2,1-6H3/t17?,19?,20?,23-/m0/s1/i1D3,3D3,4D3,7D2,8D2,9D2,10D,11D,12D2,13D2,14D,15D,17D,20D,23D/t14?,17?,19?,20?,23-. The molecular formula is C24H38N2O4. The summed E-state index contributed by atoms with van der Waals surface area (Å²) in [5.74, 6) is -17.8. The largest absolute Gasteiger partial charge is 0.493 e. The van der Waals surface area contributed by atoms with E-state index in [1.807, 2.05) is 0 Å². The van der Waals surface area contributed by atoms with Crippen molar-refractivity contribution in [3.8, 4) is 11.5 Å². The number of esters is 1. The highest BCUT2D eigenvalue weighted by Gasteiger charge is 2.41. The van der Waals surface area contributed by atoms with Gasteiger partial charge in [-0.3, -0.25) is 9.69 Å². The number of nitrogens with two attached hydrogens (primary N) is 1. The summed E-state index contributed by atoms with van der Waals surface area (Å²) in [5, 5.41) is 0. The summed E-state index contributed by atoms with van der Waals surface area (Å²) in [5.41, 5.74) is 3.07. The minimum absolute atomic E-state index is 0.219. The Kier molecular flexibility index (Phi) is 2.11. The first kappa shape index (κ1) is 6.61. The molecule has 1 fully saturated rings. The van der Waals surface area contributed by atoms with Gasteiger partial charge in [0.15, 0.2) is 11.5 Å². The van der Waals surface area contributed by atoms with E-state index in [-0.39, 0.29) is 6.92 Å². The molecule has 6 heteroatoms. The van der Waals surface area contributed by atoms with Crippen LogP contribution in [-0.2, 0) is 15.9 Å². The van der Waals surface area contributed by atoms with E-state index in [9.17, 15) is 13.0 Å². The van der Waals surface area contributed by atoms with Crippen molar-refractivity contribution in [3.05, 3.63) is 23.2 Å². The van der Waals surface area contributed by atoms with Crippen LogP contribution >= 0.6 is 0 Å². The molecule has 0 aromatic heterocycles. The fourth-order valence-electron chi connectivity index (χ4n) is 2.58. The quantitative estimate of drug-likeness (QED) is 0.648. The van der Waals surface area contributed by atoms with E-state index in [0.29, 0.717) is 0 Å². The molecule has 168 valence electrons. The van der Waals surface area contributed by atoms with Crippen LogP contribution in [0.4, 0.5) is 0 Å². The molecule has 1 aromatic carbocycles. The Bertz CT molecular complexity index is 1750. The third-order valence-corrected chi connectivity index (χ3v) is 3.93. The lowest BCUT2D eigenvalue weighted by molar-refractivity contribution is -0.160. The van der Waals surface area contributed by atoms with E-state index < -0.39 is 134 Å². The summed E-state index contributed by atoms with van der Waals surface area (Å²) in [6.45, 7) is -21.1. The summed E-state index contributed by atoms with van der Waals surface area (Å²) in [6.07, 6.45) is -17.9. The van der Waals surface area contributed by atoms with E-state index >= 15 is 0 Å². The highest BCUT2D eigenvalue weighted by Crippen LogP contribution is 2.44. The van der Waals surface area contributed by atoms with Crippen molar-refractivity contribution >= 4 is 5.97 Å². The molecule has 0 bridgehead atoms. The Labute approximate surface area is 217 Å². The molecule has 2 aliphatic heterocycles. The second-order valence-electron chi connectivity index (χ2n) is 6.00. The Morgan fingerprint density at radius 3 is 2.83 bits per heavy atom. The molecule has 2 aliphatic rings. The lowest BCUT2D eigenvalue weighted by Gasteiger charge is -2.47. The molecule has 1 aromatic rings. The Morgan fingerprint density at radius 1 is 1.43 bits per heavy atom. The zero-order chi connectivity index (χ0) is 44.8. The van der Waals surface area contributed by atoms with Crippen molar-refractivity contribution in [2.24, 2.45) is 23.4 Å². The number of piperidine rings is 1. The molecule has 0 spiro atoms. The Balaban J connectivity index is 2.76. The predicted molar refractivity (Wildman–Crippen MR) is 118 cm³/mol. The van der Waals surface area contributed by atoms with Crippen LogP contribution < -0.4 is 15.2 Å². The summed E-state index contributed by atoms with van der Waals surface area (Å²) in [4.78, 5) is 13.5. The zero-order valence-corrected chi connectivity index (χ0v) is 16.2. The summed E-state index contributed by atoms with van der Waals surface area (Å²) >= 11 is 0. The molecule has 0 amide bonds. The van der Waals surface area contributed by atoms with Gasteiger partial charge < -0.3 is 19.9 Å². The Hall–Kier alpha value is -1.79. The maximum Gasteiger partial charge on any atom is 0.323 e. The van der Waals surface area contributed by atoms with Gasteiger partial charge in [-0.2, -0.15) is 0 Å². The second kappa shape index (κ2) is 9.56. The first-order valence-electron chi connectivity index (χ1n) is 21.4. The number of methoxy groups -OCH3 is 2. The SMILES string of the molecule is [2H]c1c(OC)c(OC)c([2H])c2c1C1N(C([2H])([2H])C2([2H])[2H])C([2H])([2H])C([2H])(C([2H])([2H])C([2H])(C)C([2H])([2H])[2H])C([2H])(OC(=O)[C@@]([2H])(N)C([2H])(C([2H])([2H])[2H])C([2H])([2H])[2H])C1([2H])[2H]. The average Bonchev–Trinajstić information content (AvgIpc) is 2.99. The van der Waals surface area contributed by atoms with Gasteiger partial charge in [-0.25, -0.2) is 0 Å². The molecule has 1 saturated heterocycles. The van der Waals surface area contributed by atoms with Gasteiger partial charge in [0.1, 0.15) is 12.1 Å². The molecule has 0 aliphatic carbocycles. The number of carbonyl (C=O) groups excluding carboxylic acids is 1. The van der Waals surface area contributed by atoms with Crippen molar-refractivity contribution in [2.75, 3.05) is 27.2 Å². The van der Waals surface area contributed by atoms with Crippen molar-refractivity contribution in [1.29, 1.82) is 0 Å². The first-order valence-corrected chi connectivity index (χ1v) is 8.41. The van der Waals surface area contributed by atoms with E-state index in [1.165, 1.54) is 0 Å². The molecule has 3 rings (SSSR count). The number of benzene rings is 1. The van der Waals surface area contributed by atoms with Crippen LogP contribution in [0.25, 0.3) is 0 Å². The van der Waals surface area contributed by atoms with Crippen LogP contribution in [0.2, 0.25) is 0 Å². The van der Waals surface area contributed by atoms with Gasteiger partial charge in [-0.15, -0.1) is 0 Å². The van der Waals surface area contributed by atoms with Gasteiger partial charge in [0.2, 0.25) is 0 Å². The van der Waals surface area contributed by atoms with E-state index in [2.05, 4.69) is 0 Å². The third kappa shape index (κ3) is 4.75. The van der Waals surface area contributed by atoms with Crippen molar-refractivity contribution in [2.45, 2.75) is 64.7 Å². The molecular weight excluding hydrogens is 380 g/mol. The van der Waals surface area contributed by atoms with Crippen molar-refractivity contribution < 1.29 is 54.6 Å². The van der Waals surface area contributed by atoms with Gasteiger partial charge in [-0.1, -0.05) is 27.5 Å². The van der Waals surface area contributed by atoms with Crippen LogP contribution in [0.5, 0.6) is 11.5 Å².